The summed E-state index contributed by atoms with van der Waals surface area (Å²) in [6.45, 7) is 6.12. The van der Waals surface area contributed by atoms with Gasteiger partial charge in [0, 0.05) is 24.2 Å². The minimum absolute atomic E-state index is 0.167. The van der Waals surface area contributed by atoms with Gasteiger partial charge in [-0.3, -0.25) is 19.6 Å². The summed E-state index contributed by atoms with van der Waals surface area (Å²) < 4.78 is 8.46. The lowest BCUT2D eigenvalue weighted by Gasteiger charge is -2.12. The van der Waals surface area contributed by atoms with Crippen molar-refractivity contribution >= 4 is 33.2 Å². The first kappa shape index (κ1) is 21.5. The molecule has 1 aromatic heterocycles. The van der Waals surface area contributed by atoms with Gasteiger partial charge in [-0.2, -0.15) is 5.10 Å². The van der Waals surface area contributed by atoms with Crippen LogP contribution < -0.4 is 10.1 Å². The standard InChI is InChI=1S/C21H21BrN4O4/c1-13-4-5-14(2)20(8-13)30-18-10-16(9-17(11-18)26(28)29)24-21(27)6-7-25-15(3)19(22)12-23-25/h4-5,8-12H,6-7H2,1-3H3,(H,24,27). The molecule has 0 saturated carbocycles. The third kappa shape index (κ3) is 5.24. The Morgan fingerprint density at radius 3 is 2.67 bits per heavy atom. The number of nitro benzene ring substituents is 1. The van der Waals surface area contributed by atoms with E-state index in [0.29, 0.717) is 18.0 Å². The zero-order valence-corrected chi connectivity index (χ0v) is 18.4. The summed E-state index contributed by atoms with van der Waals surface area (Å²) in [6, 6.07) is 9.95. The normalized spacial score (nSPS) is 10.7. The maximum Gasteiger partial charge on any atom is 0.275 e. The van der Waals surface area contributed by atoms with Crippen molar-refractivity contribution in [1.29, 1.82) is 0 Å². The Morgan fingerprint density at radius 2 is 2.00 bits per heavy atom. The Hall–Kier alpha value is -3.20. The third-order valence-electron chi connectivity index (χ3n) is 4.55. The molecule has 9 heteroatoms. The number of amides is 1. The fourth-order valence-electron chi connectivity index (χ4n) is 2.84. The van der Waals surface area contributed by atoms with Gasteiger partial charge in [0.1, 0.15) is 11.5 Å². The number of halogens is 1. The van der Waals surface area contributed by atoms with Crippen molar-refractivity contribution in [1.82, 2.24) is 9.78 Å². The molecule has 0 bridgehead atoms. The van der Waals surface area contributed by atoms with E-state index in [0.717, 1.165) is 21.3 Å². The lowest BCUT2D eigenvalue weighted by atomic mass is 10.1. The van der Waals surface area contributed by atoms with Gasteiger partial charge in [0.05, 0.1) is 33.9 Å². The van der Waals surface area contributed by atoms with Gasteiger partial charge in [-0.15, -0.1) is 0 Å². The molecular formula is C21H21BrN4O4. The van der Waals surface area contributed by atoms with Gasteiger partial charge in [0.25, 0.3) is 5.69 Å². The van der Waals surface area contributed by atoms with Gasteiger partial charge in [-0.05, 0) is 53.9 Å². The number of anilines is 1. The maximum atomic E-state index is 12.4. The van der Waals surface area contributed by atoms with Crippen molar-refractivity contribution in [2.45, 2.75) is 33.7 Å². The highest BCUT2D eigenvalue weighted by Crippen LogP contribution is 2.31. The number of hydrogen-bond acceptors (Lipinski definition) is 5. The molecule has 0 saturated heterocycles. The number of rotatable bonds is 7. The first-order chi connectivity index (χ1) is 14.2. The zero-order chi connectivity index (χ0) is 21.8. The first-order valence-corrected chi connectivity index (χ1v) is 10.0. The smallest absolute Gasteiger partial charge is 0.275 e. The molecular weight excluding hydrogens is 452 g/mol. The number of nitrogens with zero attached hydrogens (tertiary/aromatic N) is 3. The van der Waals surface area contributed by atoms with Crippen LogP contribution in [0.25, 0.3) is 0 Å². The lowest BCUT2D eigenvalue weighted by molar-refractivity contribution is -0.384. The maximum absolute atomic E-state index is 12.4. The van der Waals surface area contributed by atoms with Crippen LogP contribution in [0.3, 0.4) is 0 Å². The average molecular weight is 473 g/mol. The fourth-order valence-corrected chi connectivity index (χ4v) is 3.14. The number of aryl methyl sites for hydroxylation is 3. The lowest BCUT2D eigenvalue weighted by Crippen LogP contribution is -2.15. The minimum Gasteiger partial charge on any atom is -0.457 e. The topological polar surface area (TPSA) is 99.3 Å². The van der Waals surface area contributed by atoms with E-state index in [9.17, 15) is 14.9 Å². The molecule has 1 N–H and O–H groups in total. The second kappa shape index (κ2) is 9.08. The molecule has 0 unspecified atom stereocenters. The van der Waals surface area contributed by atoms with E-state index in [1.807, 2.05) is 39.0 Å². The Balaban J connectivity index is 1.76. The number of carbonyl (C=O) groups is 1. The highest BCUT2D eigenvalue weighted by molar-refractivity contribution is 9.10. The number of hydrogen-bond donors (Lipinski definition) is 1. The van der Waals surface area contributed by atoms with Gasteiger partial charge in [-0.25, -0.2) is 0 Å². The van der Waals surface area contributed by atoms with Crippen LogP contribution in [0.15, 0.2) is 47.1 Å². The van der Waals surface area contributed by atoms with E-state index >= 15 is 0 Å². The molecule has 0 aliphatic heterocycles. The van der Waals surface area contributed by atoms with Crippen LogP contribution in [0.1, 0.15) is 23.2 Å². The summed E-state index contributed by atoms with van der Waals surface area (Å²) in [7, 11) is 0. The van der Waals surface area contributed by atoms with Crippen molar-refractivity contribution in [3.8, 4) is 11.5 Å². The average Bonchev–Trinajstić information content (AvgIpc) is 3.01. The summed E-state index contributed by atoms with van der Waals surface area (Å²) in [6.07, 6.45) is 1.84. The summed E-state index contributed by atoms with van der Waals surface area (Å²) >= 11 is 3.38. The van der Waals surface area contributed by atoms with E-state index in [1.54, 1.807) is 16.9 Å². The van der Waals surface area contributed by atoms with Crippen molar-refractivity contribution in [2.24, 2.45) is 0 Å². The highest BCUT2D eigenvalue weighted by Gasteiger charge is 2.14. The number of non-ortho nitro benzene ring substituents is 1. The summed E-state index contributed by atoms with van der Waals surface area (Å²) in [5.74, 6) is 0.603. The van der Waals surface area contributed by atoms with E-state index in [1.165, 1.54) is 12.1 Å². The molecule has 8 nitrogen and oxygen atoms in total. The number of benzene rings is 2. The molecule has 1 amide bonds. The van der Waals surface area contributed by atoms with Crippen LogP contribution in [0, 0.1) is 30.9 Å². The molecule has 0 aliphatic rings. The van der Waals surface area contributed by atoms with Crippen molar-refractivity contribution in [3.05, 3.63) is 74.0 Å². The zero-order valence-electron chi connectivity index (χ0n) is 16.8. The number of nitrogens with one attached hydrogen (secondary N) is 1. The summed E-state index contributed by atoms with van der Waals surface area (Å²) in [4.78, 5) is 23.2. The van der Waals surface area contributed by atoms with Crippen LogP contribution in [0.2, 0.25) is 0 Å². The fraction of sp³-hybridized carbons (Fsp3) is 0.238. The Kier molecular flexibility index (Phi) is 6.51. The molecule has 0 spiro atoms. The Bertz CT molecular complexity index is 1110. The second-order valence-electron chi connectivity index (χ2n) is 6.94. The molecule has 30 heavy (non-hydrogen) atoms. The van der Waals surface area contributed by atoms with Crippen LogP contribution >= 0.6 is 15.9 Å². The largest absolute Gasteiger partial charge is 0.457 e. The number of carbonyl (C=O) groups excluding carboxylic acids is 1. The summed E-state index contributed by atoms with van der Waals surface area (Å²) in [5.41, 5.74) is 2.96. The van der Waals surface area contributed by atoms with Gasteiger partial charge in [-0.1, -0.05) is 12.1 Å². The van der Waals surface area contributed by atoms with E-state index < -0.39 is 4.92 Å². The quantitative estimate of drug-likeness (QED) is 0.371. The summed E-state index contributed by atoms with van der Waals surface area (Å²) in [5, 5.41) is 18.2. The second-order valence-corrected chi connectivity index (χ2v) is 7.80. The molecule has 1 heterocycles. The van der Waals surface area contributed by atoms with E-state index in [4.69, 9.17) is 4.74 Å². The predicted molar refractivity (Wildman–Crippen MR) is 117 cm³/mol. The first-order valence-electron chi connectivity index (χ1n) is 9.25. The van der Waals surface area contributed by atoms with Crippen molar-refractivity contribution < 1.29 is 14.5 Å². The van der Waals surface area contributed by atoms with Gasteiger partial charge in [0.2, 0.25) is 5.91 Å². The van der Waals surface area contributed by atoms with Crippen LogP contribution in [0.5, 0.6) is 11.5 Å². The molecule has 156 valence electrons. The molecule has 0 fully saturated rings. The van der Waals surface area contributed by atoms with Gasteiger partial charge < -0.3 is 10.1 Å². The Labute approximate surface area is 182 Å². The Morgan fingerprint density at radius 1 is 1.23 bits per heavy atom. The van der Waals surface area contributed by atoms with Crippen LogP contribution in [-0.2, 0) is 11.3 Å². The molecule has 0 radical (unpaired) electrons. The van der Waals surface area contributed by atoms with Gasteiger partial charge in [0.15, 0.2) is 0 Å². The van der Waals surface area contributed by atoms with E-state index in [-0.39, 0.29) is 23.8 Å². The molecule has 3 aromatic rings. The SMILES string of the molecule is Cc1ccc(C)c(Oc2cc(NC(=O)CCn3ncc(Br)c3C)cc([N+](=O)[O-])c2)c1. The monoisotopic (exact) mass is 472 g/mol. The van der Waals surface area contributed by atoms with Gasteiger partial charge >= 0.3 is 0 Å². The molecule has 3 rings (SSSR count). The highest BCUT2D eigenvalue weighted by atomic mass is 79.9. The van der Waals surface area contributed by atoms with Crippen LogP contribution in [0.4, 0.5) is 11.4 Å². The molecule has 0 atom stereocenters. The van der Waals surface area contributed by atoms with E-state index in [2.05, 4.69) is 26.3 Å². The third-order valence-corrected chi connectivity index (χ3v) is 5.33. The van der Waals surface area contributed by atoms with Crippen molar-refractivity contribution in [2.75, 3.05) is 5.32 Å². The van der Waals surface area contributed by atoms with Crippen molar-refractivity contribution in [3.63, 3.8) is 0 Å². The molecule has 0 aliphatic carbocycles. The number of ether oxygens (including phenoxy) is 1. The number of aromatic nitrogens is 2. The predicted octanol–water partition coefficient (Wildman–Crippen LogP) is 5.30. The molecule has 2 aromatic carbocycles. The number of nitro groups is 1. The minimum atomic E-state index is -0.518. The van der Waals surface area contributed by atoms with Crippen LogP contribution in [-0.4, -0.2) is 20.6 Å².